The van der Waals surface area contributed by atoms with Crippen LogP contribution in [-0.2, 0) is 11.3 Å². The Bertz CT molecular complexity index is 556. The van der Waals surface area contributed by atoms with Crippen LogP contribution in [0, 0.1) is 22.7 Å². The maximum atomic E-state index is 12.2. The Balaban J connectivity index is 1.87. The highest BCUT2D eigenvalue weighted by Gasteiger charge is 2.24. The molecule has 1 saturated heterocycles. The zero-order chi connectivity index (χ0) is 16.5. The van der Waals surface area contributed by atoms with Gasteiger partial charge in [-0.05, 0) is 19.4 Å². The molecule has 0 spiro atoms. The normalized spacial score (nSPS) is 18.1. The van der Waals surface area contributed by atoms with E-state index in [1.807, 2.05) is 16.8 Å². The van der Waals surface area contributed by atoms with E-state index in [-0.39, 0.29) is 19.0 Å². The van der Waals surface area contributed by atoms with Gasteiger partial charge in [-0.25, -0.2) is 4.98 Å². The fourth-order valence-corrected chi connectivity index (χ4v) is 2.90. The van der Waals surface area contributed by atoms with E-state index >= 15 is 0 Å². The maximum absolute atomic E-state index is 12.2. The number of nitriles is 2. The van der Waals surface area contributed by atoms with E-state index in [0.717, 1.165) is 25.9 Å². The van der Waals surface area contributed by atoms with Crippen molar-refractivity contribution in [1.82, 2.24) is 24.6 Å². The van der Waals surface area contributed by atoms with Crippen LogP contribution in [0.15, 0.2) is 12.7 Å². The highest BCUT2D eigenvalue weighted by molar-refractivity contribution is 5.76. The van der Waals surface area contributed by atoms with Crippen LogP contribution in [0.25, 0.3) is 0 Å². The Morgan fingerprint density at radius 1 is 1.30 bits per heavy atom. The first kappa shape index (κ1) is 16.9. The monoisotopic (exact) mass is 315 g/mol. The van der Waals surface area contributed by atoms with Crippen LogP contribution in [0.5, 0.6) is 0 Å². The van der Waals surface area contributed by atoms with Gasteiger partial charge in [0, 0.05) is 19.0 Å². The lowest BCUT2D eigenvalue weighted by Gasteiger charge is -2.35. The number of hydrogen-bond acceptors (Lipinski definition) is 6. The molecule has 23 heavy (non-hydrogen) atoms. The average Bonchev–Trinajstić information content (AvgIpc) is 3.06. The highest BCUT2D eigenvalue weighted by atomic mass is 16.2. The fraction of sp³-hybridized carbons (Fsp3) is 0.667. The number of carbonyl (C=O) groups is 1. The van der Waals surface area contributed by atoms with Crippen molar-refractivity contribution in [1.29, 1.82) is 10.5 Å². The molecule has 8 heteroatoms. The molecule has 1 aromatic heterocycles. The smallest absolute Gasteiger partial charge is 0.225 e. The summed E-state index contributed by atoms with van der Waals surface area (Å²) in [6.07, 6.45) is 6.95. The lowest BCUT2D eigenvalue weighted by atomic mass is 10.0. The van der Waals surface area contributed by atoms with Crippen LogP contribution in [0.4, 0.5) is 0 Å². The van der Waals surface area contributed by atoms with E-state index in [1.165, 1.54) is 17.6 Å². The summed E-state index contributed by atoms with van der Waals surface area (Å²) >= 11 is 0. The fourth-order valence-electron chi connectivity index (χ4n) is 2.90. The van der Waals surface area contributed by atoms with Gasteiger partial charge in [0.05, 0.1) is 18.7 Å². The number of hydrogen-bond donors (Lipinski definition) is 0. The molecule has 1 unspecified atom stereocenters. The summed E-state index contributed by atoms with van der Waals surface area (Å²) in [4.78, 5) is 19.7. The van der Waals surface area contributed by atoms with Gasteiger partial charge in [0.2, 0.25) is 5.91 Å². The second-order valence-corrected chi connectivity index (χ2v) is 5.62. The van der Waals surface area contributed by atoms with Gasteiger partial charge in [-0.1, -0.05) is 6.42 Å². The first-order valence-electron chi connectivity index (χ1n) is 7.82. The molecule has 1 aliphatic heterocycles. The van der Waals surface area contributed by atoms with Gasteiger partial charge in [0.15, 0.2) is 0 Å². The number of likely N-dealkylation sites (tertiary alicyclic amines) is 1. The van der Waals surface area contributed by atoms with Gasteiger partial charge in [0.25, 0.3) is 0 Å². The molecule has 8 nitrogen and oxygen atoms in total. The van der Waals surface area contributed by atoms with Crippen LogP contribution in [0.3, 0.4) is 0 Å². The van der Waals surface area contributed by atoms with Gasteiger partial charge in [-0.15, -0.1) is 0 Å². The van der Waals surface area contributed by atoms with Crippen LogP contribution >= 0.6 is 0 Å². The largest absolute Gasteiger partial charge is 0.316 e. The van der Waals surface area contributed by atoms with Crippen LogP contribution < -0.4 is 0 Å². The molecule has 1 amide bonds. The van der Waals surface area contributed by atoms with Crippen LogP contribution in [-0.4, -0.2) is 62.7 Å². The highest BCUT2D eigenvalue weighted by Crippen LogP contribution is 2.18. The molecule has 0 saturated carbocycles. The summed E-state index contributed by atoms with van der Waals surface area (Å²) in [6.45, 7) is 2.31. The van der Waals surface area contributed by atoms with Crippen LogP contribution in [0.2, 0.25) is 0 Å². The molecule has 1 aliphatic rings. The predicted octanol–water partition coefficient (Wildman–Crippen LogP) is 0.398. The van der Waals surface area contributed by atoms with E-state index in [0.29, 0.717) is 19.0 Å². The van der Waals surface area contributed by atoms with Crippen molar-refractivity contribution in [3.05, 3.63) is 12.7 Å². The molecule has 1 aromatic rings. The Labute approximate surface area is 135 Å². The minimum atomic E-state index is -0.141. The third kappa shape index (κ3) is 5.04. The second-order valence-electron chi connectivity index (χ2n) is 5.62. The van der Waals surface area contributed by atoms with E-state index in [1.54, 1.807) is 6.33 Å². The van der Waals surface area contributed by atoms with Crippen molar-refractivity contribution in [2.24, 2.45) is 0 Å². The number of nitrogens with zero attached hydrogens (tertiary/aromatic N) is 7. The minimum absolute atomic E-state index is 0.0330. The third-order valence-corrected chi connectivity index (χ3v) is 4.10. The lowest BCUT2D eigenvalue weighted by molar-refractivity contribution is -0.130. The molecular weight excluding hydrogens is 294 g/mol. The summed E-state index contributed by atoms with van der Waals surface area (Å²) in [5, 5.41) is 21.6. The standard InChI is InChI=1S/C15H21N7O/c16-5-9-21(10-6-17)15(23)4-8-20-7-2-1-3-14(20)11-22-13-18-12-19-22/h12-14H,1-4,7-11H2. The Morgan fingerprint density at radius 2 is 2.09 bits per heavy atom. The summed E-state index contributed by atoms with van der Waals surface area (Å²) < 4.78 is 1.82. The quantitative estimate of drug-likeness (QED) is 0.675. The zero-order valence-corrected chi connectivity index (χ0v) is 13.1. The Kier molecular flexibility index (Phi) is 6.52. The number of carbonyl (C=O) groups excluding carboxylic acids is 1. The summed E-state index contributed by atoms with van der Waals surface area (Å²) in [7, 11) is 0. The second kappa shape index (κ2) is 8.86. The van der Waals surface area contributed by atoms with Gasteiger partial charge < -0.3 is 4.90 Å². The molecule has 1 fully saturated rings. The molecule has 0 bridgehead atoms. The molecule has 0 aliphatic carbocycles. The van der Waals surface area contributed by atoms with E-state index in [2.05, 4.69) is 15.0 Å². The van der Waals surface area contributed by atoms with Crippen molar-refractivity contribution in [3.63, 3.8) is 0 Å². The average molecular weight is 315 g/mol. The van der Waals surface area contributed by atoms with Crippen molar-refractivity contribution in [2.45, 2.75) is 38.3 Å². The molecule has 122 valence electrons. The Hall–Kier alpha value is -2.45. The first-order valence-corrected chi connectivity index (χ1v) is 7.82. The van der Waals surface area contributed by atoms with Crippen molar-refractivity contribution in [2.75, 3.05) is 26.2 Å². The molecule has 1 atom stereocenters. The van der Waals surface area contributed by atoms with Gasteiger partial charge in [0.1, 0.15) is 25.7 Å². The number of aromatic nitrogens is 3. The number of rotatable bonds is 7. The number of amides is 1. The molecule has 0 aromatic carbocycles. The topological polar surface area (TPSA) is 102 Å². The molecule has 0 radical (unpaired) electrons. The molecule has 2 rings (SSSR count). The number of piperidine rings is 1. The maximum Gasteiger partial charge on any atom is 0.225 e. The van der Waals surface area contributed by atoms with Gasteiger partial charge in [-0.2, -0.15) is 15.6 Å². The third-order valence-electron chi connectivity index (χ3n) is 4.10. The minimum Gasteiger partial charge on any atom is -0.316 e. The van der Waals surface area contributed by atoms with E-state index < -0.39 is 0 Å². The van der Waals surface area contributed by atoms with Crippen molar-refractivity contribution in [3.8, 4) is 12.1 Å². The molecular formula is C15H21N7O. The van der Waals surface area contributed by atoms with Crippen LogP contribution in [0.1, 0.15) is 25.7 Å². The Morgan fingerprint density at radius 3 is 2.74 bits per heavy atom. The molecule has 2 heterocycles. The summed E-state index contributed by atoms with van der Waals surface area (Å²) in [5.41, 5.74) is 0. The van der Waals surface area contributed by atoms with Gasteiger partial charge in [-0.3, -0.25) is 14.4 Å². The van der Waals surface area contributed by atoms with Crippen molar-refractivity contribution < 1.29 is 4.79 Å². The van der Waals surface area contributed by atoms with Gasteiger partial charge >= 0.3 is 0 Å². The predicted molar refractivity (Wildman–Crippen MR) is 81.7 cm³/mol. The van der Waals surface area contributed by atoms with E-state index in [9.17, 15) is 4.79 Å². The van der Waals surface area contributed by atoms with E-state index in [4.69, 9.17) is 10.5 Å². The molecule has 0 N–H and O–H groups in total. The summed E-state index contributed by atoms with van der Waals surface area (Å²) in [6, 6.07) is 4.21. The lowest BCUT2D eigenvalue weighted by Crippen LogP contribution is -2.44. The zero-order valence-electron chi connectivity index (χ0n) is 13.1. The first-order chi connectivity index (χ1) is 11.2. The summed E-state index contributed by atoms with van der Waals surface area (Å²) in [5.74, 6) is -0.141. The van der Waals surface area contributed by atoms with Crippen molar-refractivity contribution >= 4 is 5.91 Å². The SMILES string of the molecule is N#CCN(CC#N)C(=O)CCN1CCCCC1Cn1cncn1.